The van der Waals surface area contributed by atoms with Crippen molar-refractivity contribution in [2.45, 2.75) is 32.7 Å². The third-order valence-corrected chi connectivity index (χ3v) is 5.72. The highest BCUT2D eigenvalue weighted by molar-refractivity contribution is 6.30. The van der Waals surface area contributed by atoms with Crippen LogP contribution in [0, 0.1) is 18.3 Å². The molecular formula is C21H25ClN4O. The molecule has 6 heteroatoms. The van der Waals surface area contributed by atoms with Gasteiger partial charge < -0.3 is 10.2 Å². The molecule has 2 aliphatic rings. The second-order valence-electron chi connectivity index (χ2n) is 8.03. The van der Waals surface area contributed by atoms with Gasteiger partial charge in [0.1, 0.15) is 0 Å². The standard InChI is InChI=1S/C21H25ClN4O/c1-15-9-24-19(10-23-15)11-25-20(27)21(8-16-4-6-18(22)7-5-16)13-26(14-21)12-17-2-3-17/h4-7,9-10,17H,2-3,8,11-14H2,1H3,(H,25,27). The SMILES string of the molecule is Cc1cnc(CNC(=O)C2(Cc3ccc(Cl)cc3)CN(CC3CC3)C2)cn1. The number of nitrogens with one attached hydrogen (secondary N) is 1. The first kappa shape index (κ1) is 18.4. The summed E-state index contributed by atoms with van der Waals surface area (Å²) in [6.07, 6.45) is 6.85. The first-order chi connectivity index (χ1) is 13.0. The molecule has 0 radical (unpaired) electrons. The van der Waals surface area contributed by atoms with Crippen LogP contribution in [0.25, 0.3) is 0 Å². The van der Waals surface area contributed by atoms with E-state index in [1.807, 2.05) is 31.2 Å². The summed E-state index contributed by atoms with van der Waals surface area (Å²) in [5.74, 6) is 0.941. The third-order valence-electron chi connectivity index (χ3n) is 5.47. The van der Waals surface area contributed by atoms with Crippen molar-refractivity contribution >= 4 is 17.5 Å². The first-order valence-corrected chi connectivity index (χ1v) is 9.93. The van der Waals surface area contributed by atoms with Crippen molar-refractivity contribution in [3.05, 3.63) is 58.6 Å². The molecule has 1 aliphatic heterocycles. The van der Waals surface area contributed by atoms with Gasteiger partial charge in [0.05, 0.1) is 29.5 Å². The third kappa shape index (κ3) is 4.47. The molecular weight excluding hydrogens is 360 g/mol. The smallest absolute Gasteiger partial charge is 0.229 e. The number of likely N-dealkylation sites (tertiary alicyclic amines) is 1. The summed E-state index contributed by atoms with van der Waals surface area (Å²) in [5, 5.41) is 3.81. The van der Waals surface area contributed by atoms with Gasteiger partial charge in [0.15, 0.2) is 0 Å². The Kier molecular flexibility index (Phi) is 5.15. The molecule has 1 saturated carbocycles. The molecule has 1 aromatic carbocycles. The van der Waals surface area contributed by atoms with Crippen molar-refractivity contribution in [1.82, 2.24) is 20.2 Å². The van der Waals surface area contributed by atoms with Crippen LogP contribution in [-0.4, -0.2) is 40.4 Å². The Bertz CT molecular complexity index is 796. The van der Waals surface area contributed by atoms with Gasteiger partial charge in [-0.15, -0.1) is 0 Å². The van der Waals surface area contributed by atoms with E-state index in [0.717, 1.165) is 53.9 Å². The molecule has 0 spiro atoms. The second-order valence-corrected chi connectivity index (χ2v) is 8.46. The number of aromatic nitrogens is 2. The molecule has 2 fully saturated rings. The van der Waals surface area contributed by atoms with Crippen LogP contribution in [0.3, 0.4) is 0 Å². The topological polar surface area (TPSA) is 58.1 Å². The Morgan fingerprint density at radius 3 is 2.59 bits per heavy atom. The number of carbonyl (C=O) groups excluding carboxylic acids is 1. The predicted molar refractivity (Wildman–Crippen MR) is 105 cm³/mol. The van der Waals surface area contributed by atoms with Gasteiger partial charge in [-0.3, -0.25) is 14.8 Å². The Morgan fingerprint density at radius 1 is 1.22 bits per heavy atom. The van der Waals surface area contributed by atoms with Gasteiger partial charge in [0, 0.05) is 30.9 Å². The number of amides is 1. The second kappa shape index (κ2) is 7.56. The molecule has 1 saturated heterocycles. The van der Waals surface area contributed by atoms with Crippen molar-refractivity contribution in [3.63, 3.8) is 0 Å². The lowest BCUT2D eigenvalue weighted by Gasteiger charge is -2.49. The van der Waals surface area contributed by atoms with Gasteiger partial charge in [-0.05, 0) is 49.8 Å². The van der Waals surface area contributed by atoms with E-state index in [9.17, 15) is 4.79 Å². The summed E-state index contributed by atoms with van der Waals surface area (Å²) >= 11 is 6.01. The molecule has 4 rings (SSSR count). The Morgan fingerprint density at radius 2 is 1.96 bits per heavy atom. The van der Waals surface area contributed by atoms with Crippen LogP contribution in [0.15, 0.2) is 36.7 Å². The van der Waals surface area contributed by atoms with Crippen molar-refractivity contribution in [3.8, 4) is 0 Å². The summed E-state index contributed by atoms with van der Waals surface area (Å²) in [6.45, 7) is 5.07. The average Bonchev–Trinajstić information content (AvgIpc) is 3.45. The van der Waals surface area contributed by atoms with Gasteiger partial charge in [0.2, 0.25) is 5.91 Å². The number of nitrogens with zero attached hydrogens (tertiary/aromatic N) is 3. The van der Waals surface area contributed by atoms with Crippen LogP contribution in [0.2, 0.25) is 5.02 Å². The molecule has 2 heterocycles. The lowest BCUT2D eigenvalue weighted by atomic mass is 9.73. The Balaban J connectivity index is 1.42. The highest BCUT2D eigenvalue weighted by atomic mass is 35.5. The highest BCUT2D eigenvalue weighted by Crippen LogP contribution is 2.39. The van der Waals surface area contributed by atoms with E-state index in [2.05, 4.69) is 20.2 Å². The number of rotatable bonds is 7. The van der Waals surface area contributed by atoms with Crippen molar-refractivity contribution in [1.29, 1.82) is 0 Å². The van der Waals surface area contributed by atoms with E-state index in [1.54, 1.807) is 12.4 Å². The Labute approximate surface area is 165 Å². The number of carbonyl (C=O) groups is 1. The van der Waals surface area contributed by atoms with Crippen LogP contribution < -0.4 is 5.32 Å². The number of benzene rings is 1. The summed E-state index contributed by atoms with van der Waals surface area (Å²) in [6, 6.07) is 7.83. The van der Waals surface area contributed by atoms with Crippen LogP contribution in [0.4, 0.5) is 0 Å². The minimum absolute atomic E-state index is 0.104. The normalized spacial score (nSPS) is 18.7. The largest absolute Gasteiger partial charge is 0.350 e. The number of hydrogen-bond donors (Lipinski definition) is 1. The summed E-state index contributed by atoms with van der Waals surface area (Å²) in [5.41, 5.74) is 2.43. The van der Waals surface area contributed by atoms with Crippen LogP contribution in [0.1, 0.15) is 29.8 Å². The zero-order valence-corrected chi connectivity index (χ0v) is 16.4. The van der Waals surface area contributed by atoms with Gasteiger partial charge in [-0.1, -0.05) is 23.7 Å². The van der Waals surface area contributed by atoms with Crippen molar-refractivity contribution in [2.24, 2.45) is 11.3 Å². The van der Waals surface area contributed by atoms with Crippen molar-refractivity contribution in [2.75, 3.05) is 19.6 Å². The maximum Gasteiger partial charge on any atom is 0.229 e. The molecule has 1 N–H and O–H groups in total. The fourth-order valence-corrected chi connectivity index (χ4v) is 3.93. The van der Waals surface area contributed by atoms with Gasteiger partial charge in [-0.25, -0.2) is 0 Å². The minimum Gasteiger partial charge on any atom is -0.350 e. The van der Waals surface area contributed by atoms with Gasteiger partial charge in [-0.2, -0.15) is 0 Å². The van der Waals surface area contributed by atoms with Crippen LogP contribution in [-0.2, 0) is 17.8 Å². The number of hydrogen-bond acceptors (Lipinski definition) is 4. The first-order valence-electron chi connectivity index (χ1n) is 9.55. The van der Waals surface area contributed by atoms with E-state index < -0.39 is 0 Å². The Hall–Kier alpha value is -1.98. The van der Waals surface area contributed by atoms with Crippen molar-refractivity contribution < 1.29 is 4.79 Å². The summed E-state index contributed by atoms with van der Waals surface area (Å²) < 4.78 is 0. The lowest BCUT2D eigenvalue weighted by Crippen LogP contribution is -2.64. The van der Waals surface area contributed by atoms with Crippen LogP contribution in [0.5, 0.6) is 0 Å². The maximum atomic E-state index is 13.1. The lowest BCUT2D eigenvalue weighted by molar-refractivity contribution is -0.142. The molecule has 0 unspecified atom stereocenters. The van der Waals surface area contributed by atoms with Gasteiger partial charge in [0.25, 0.3) is 0 Å². The fourth-order valence-electron chi connectivity index (χ4n) is 3.80. The molecule has 142 valence electrons. The molecule has 1 aliphatic carbocycles. The maximum absolute atomic E-state index is 13.1. The number of halogens is 1. The molecule has 1 aromatic heterocycles. The highest BCUT2D eigenvalue weighted by Gasteiger charge is 2.49. The zero-order valence-electron chi connectivity index (χ0n) is 15.6. The molecule has 5 nitrogen and oxygen atoms in total. The van der Waals surface area contributed by atoms with E-state index >= 15 is 0 Å². The van der Waals surface area contributed by atoms with E-state index in [0.29, 0.717) is 6.54 Å². The van der Waals surface area contributed by atoms with E-state index in [4.69, 9.17) is 11.6 Å². The molecule has 0 bridgehead atoms. The fraction of sp³-hybridized carbons (Fsp3) is 0.476. The van der Waals surface area contributed by atoms with Crippen LogP contribution >= 0.6 is 11.6 Å². The molecule has 0 atom stereocenters. The minimum atomic E-state index is -0.374. The van der Waals surface area contributed by atoms with E-state index in [-0.39, 0.29) is 11.3 Å². The summed E-state index contributed by atoms with van der Waals surface area (Å²) in [7, 11) is 0. The average molecular weight is 385 g/mol. The zero-order chi connectivity index (χ0) is 18.9. The molecule has 2 aromatic rings. The molecule has 27 heavy (non-hydrogen) atoms. The van der Waals surface area contributed by atoms with Gasteiger partial charge >= 0.3 is 0 Å². The monoisotopic (exact) mass is 384 g/mol. The summed E-state index contributed by atoms with van der Waals surface area (Å²) in [4.78, 5) is 24.1. The van der Waals surface area contributed by atoms with E-state index in [1.165, 1.54) is 12.8 Å². The quantitative estimate of drug-likeness (QED) is 0.797. The predicted octanol–water partition coefficient (Wildman–Crippen LogP) is 3.01. The molecule has 1 amide bonds. The number of aryl methyl sites for hydroxylation is 1.